The summed E-state index contributed by atoms with van der Waals surface area (Å²) in [4.78, 5) is 11.8. The van der Waals surface area contributed by atoms with E-state index in [0.29, 0.717) is 10.9 Å². The average Bonchev–Trinajstić information content (AvgIpc) is 3.05. The number of aryl methyl sites for hydroxylation is 1. The van der Waals surface area contributed by atoms with Gasteiger partial charge in [-0.15, -0.1) is 11.3 Å². The minimum absolute atomic E-state index is 0.111. The lowest BCUT2D eigenvalue weighted by molar-refractivity contribution is -0.121. The Balaban J connectivity index is 1.93. The summed E-state index contributed by atoms with van der Waals surface area (Å²) in [6.45, 7) is 0.0313. The highest BCUT2D eigenvalue weighted by Gasteiger charge is 2.24. The molecular formula is C12H15ClN4O3S2. The number of sulfonamides is 1. The Hall–Kier alpha value is -1.42. The first-order chi connectivity index (χ1) is 10.3. The van der Waals surface area contributed by atoms with E-state index >= 15 is 0 Å². The molecule has 0 aromatic carbocycles. The van der Waals surface area contributed by atoms with Gasteiger partial charge in [0, 0.05) is 32.4 Å². The SMILES string of the molecule is CN(CC(=O)NCc1cnn(C)c1)S(=O)(=O)c1ccc(Cl)s1. The largest absolute Gasteiger partial charge is 0.351 e. The minimum atomic E-state index is -3.70. The summed E-state index contributed by atoms with van der Waals surface area (Å²) in [6.07, 6.45) is 3.41. The van der Waals surface area contributed by atoms with E-state index in [-0.39, 0.29) is 10.8 Å². The number of nitrogens with zero attached hydrogens (tertiary/aromatic N) is 3. The highest BCUT2D eigenvalue weighted by molar-refractivity contribution is 7.91. The summed E-state index contributed by atoms with van der Waals surface area (Å²) in [6, 6.07) is 2.93. The van der Waals surface area contributed by atoms with Gasteiger partial charge in [-0.2, -0.15) is 9.40 Å². The number of carbonyl (C=O) groups excluding carboxylic acids is 1. The normalized spacial score (nSPS) is 11.8. The second-order valence-corrected chi connectivity index (χ2v) is 8.61. The third kappa shape index (κ3) is 4.07. The number of thiophene rings is 1. The second-order valence-electron chi connectivity index (χ2n) is 4.62. The van der Waals surface area contributed by atoms with E-state index in [0.717, 1.165) is 21.2 Å². The van der Waals surface area contributed by atoms with E-state index in [1.54, 1.807) is 24.1 Å². The van der Waals surface area contributed by atoms with Gasteiger partial charge < -0.3 is 5.32 Å². The zero-order valence-electron chi connectivity index (χ0n) is 12.0. The first kappa shape index (κ1) is 16.9. The van der Waals surface area contributed by atoms with Crippen LogP contribution in [0.1, 0.15) is 5.56 Å². The van der Waals surface area contributed by atoms with Gasteiger partial charge in [-0.05, 0) is 12.1 Å². The first-order valence-corrected chi connectivity index (χ1v) is 8.88. The van der Waals surface area contributed by atoms with E-state index < -0.39 is 15.9 Å². The lowest BCUT2D eigenvalue weighted by Crippen LogP contribution is -2.37. The van der Waals surface area contributed by atoms with E-state index in [4.69, 9.17) is 11.6 Å². The van der Waals surface area contributed by atoms with Crippen molar-refractivity contribution in [3.8, 4) is 0 Å². The van der Waals surface area contributed by atoms with Crippen LogP contribution in [0.3, 0.4) is 0 Å². The van der Waals surface area contributed by atoms with Crippen LogP contribution in [-0.4, -0.2) is 42.0 Å². The van der Waals surface area contributed by atoms with Crippen LogP contribution in [0.25, 0.3) is 0 Å². The summed E-state index contributed by atoms with van der Waals surface area (Å²) in [5, 5.41) is 6.64. The lowest BCUT2D eigenvalue weighted by atomic mass is 10.3. The number of hydrogen-bond donors (Lipinski definition) is 1. The van der Waals surface area contributed by atoms with Gasteiger partial charge in [-0.1, -0.05) is 11.6 Å². The molecule has 0 radical (unpaired) electrons. The molecule has 0 aliphatic heterocycles. The number of halogens is 1. The van der Waals surface area contributed by atoms with Crippen LogP contribution in [0.2, 0.25) is 4.34 Å². The van der Waals surface area contributed by atoms with Gasteiger partial charge in [-0.3, -0.25) is 9.48 Å². The number of aromatic nitrogens is 2. The maximum Gasteiger partial charge on any atom is 0.252 e. The Kier molecular flexibility index (Phi) is 5.22. The van der Waals surface area contributed by atoms with Crippen LogP contribution in [0.15, 0.2) is 28.7 Å². The molecule has 1 amide bonds. The molecule has 0 spiro atoms. The molecule has 2 aromatic heterocycles. The van der Waals surface area contributed by atoms with Crippen molar-refractivity contribution >= 4 is 38.9 Å². The Bertz CT molecular complexity index is 769. The Labute approximate surface area is 137 Å². The molecular weight excluding hydrogens is 348 g/mol. The smallest absolute Gasteiger partial charge is 0.252 e. The van der Waals surface area contributed by atoms with Gasteiger partial charge in [0.25, 0.3) is 10.0 Å². The third-order valence-corrected chi connectivity index (χ3v) is 6.33. The Morgan fingerprint density at radius 3 is 2.77 bits per heavy atom. The van der Waals surface area contributed by atoms with Crippen molar-refractivity contribution in [1.29, 1.82) is 0 Å². The van der Waals surface area contributed by atoms with Crippen molar-refractivity contribution in [3.05, 3.63) is 34.4 Å². The number of carbonyl (C=O) groups is 1. The Morgan fingerprint density at radius 1 is 1.50 bits per heavy atom. The van der Waals surface area contributed by atoms with Crippen molar-refractivity contribution in [3.63, 3.8) is 0 Å². The molecule has 0 aliphatic carbocycles. The third-order valence-electron chi connectivity index (χ3n) is 2.83. The predicted molar refractivity (Wildman–Crippen MR) is 84.2 cm³/mol. The van der Waals surface area contributed by atoms with Crippen molar-refractivity contribution < 1.29 is 13.2 Å². The summed E-state index contributed by atoms with van der Waals surface area (Å²) in [7, 11) is -0.573. The van der Waals surface area contributed by atoms with Gasteiger partial charge in [0.15, 0.2) is 0 Å². The fourth-order valence-corrected chi connectivity index (χ4v) is 4.52. The molecule has 2 aromatic rings. The minimum Gasteiger partial charge on any atom is -0.351 e. The Morgan fingerprint density at radius 2 is 2.23 bits per heavy atom. The first-order valence-electron chi connectivity index (χ1n) is 6.25. The number of rotatable bonds is 6. The highest BCUT2D eigenvalue weighted by Crippen LogP contribution is 2.27. The number of hydrogen-bond acceptors (Lipinski definition) is 5. The lowest BCUT2D eigenvalue weighted by Gasteiger charge is -2.15. The van der Waals surface area contributed by atoms with Crippen LogP contribution in [0.4, 0.5) is 0 Å². The summed E-state index contributed by atoms with van der Waals surface area (Å²) in [5.74, 6) is -0.391. The second kappa shape index (κ2) is 6.78. The fourth-order valence-electron chi connectivity index (χ4n) is 1.70. The van der Waals surface area contributed by atoms with Crippen molar-refractivity contribution in [2.45, 2.75) is 10.8 Å². The van der Waals surface area contributed by atoms with Crippen LogP contribution in [-0.2, 0) is 28.4 Å². The van der Waals surface area contributed by atoms with Crippen LogP contribution in [0, 0.1) is 0 Å². The molecule has 22 heavy (non-hydrogen) atoms. The van der Waals surface area contributed by atoms with Crippen LogP contribution >= 0.6 is 22.9 Å². The molecule has 1 N–H and O–H groups in total. The van der Waals surface area contributed by atoms with Crippen molar-refractivity contribution in [1.82, 2.24) is 19.4 Å². The van der Waals surface area contributed by atoms with Crippen molar-refractivity contribution in [2.75, 3.05) is 13.6 Å². The maximum atomic E-state index is 12.2. The maximum absolute atomic E-state index is 12.2. The van der Waals surface area contributed by atoms with E-state index in [1.165, 1.54) is 19.2 Å². The summed E-state index contributed by atoms with van der Waals surface area (Å²) < 4.78 is 27.6. The molecule has 0 aliphatic rings. The van der Waals surface area contributed by atoms with Gasteiger partial charge in [0.1, 0.15) is 4.21 Å². The number of likely N-dealkylation sites (N-methyl/N-ethyl adjacent to an activating group) is 1. The van der Waals surface area contributed by atoms with E-state index in [9.17, 15) is 13.2 Å². The van der Waals surface area contributed by atoms with Gasteiger partial charge >= 0.3 is 0 Å². The average molecular weight is 363 g/mol. The zero-order chi connectivity index (χ0) is 16.3. The molecule has 0 saturated heterocycles. The fraction of sp³-hybridized carbons (Fsp3) is 0.333. The van der Waals surface area contributed by atoms with Gasteiger partial charge in [-0.25, -0.2) is 8.42 Å². The topological polar surface area (TPSA) is 84.3 Å². The van der Waals surface area contributed by atoms with Crippen molar-refractivity contribution in [2.24, 2.45) is 7.05 Å². The standard InChI is InChI=1S/C12H15ClN4O3S2/c1-16-7-9(6-15-16)5-14-11(18)8-17(2)22(19,20)12-4-3-10(13)21-12/h3-4,6-7H,5,8H2,1-2H3,(H,14,18). The zero-order valence-corrected chi connectivity index (χ0v) is 14.4. The molecule has 7 nitrogen and oxygen atoms in total. The van der Waals surface area contributed by atoms with Crippen LogP contribution < -0.4 is 5.32 Å². The molecule has 0 atom stereocenters. The van der Waals surface area contributed by atoms with Gasteiger partial charge in [0.2, 0.25) is 5.91 Å². The highest BCUT2D eigenvalue weighted by atomic mass is 35.5. The summed E-state index contributed by atoms with van der Waals surface area (Å²) in [5.41, 5.74) is 0.839. The molecule has 10 heteroatoms. The molecule has 0 bridgehead atoms. The summed E-state index contributed by atoms with van der Waals surface area (Å²) >= 11 is 6.70. The monoisotopic (exact) mass is 362 g/mol. The molecule has 2 rings (SSSR count). The molecule has 2 heterocycles. The molecule has 120 valence electrons. The predicted octanol–water partition coefficient (Wildman–Crippen LogP) is 1.07. The van der Waals surface area contributed by atoms with Crippen LogP contribution in [0.5, 0.6) is 0 Å². The quantitative estimate of drug-likeness (QED) is 0.833. The molecule has 0 fully saturated rings. The number of nitrogens with one attached hydrogen (secondary N) is 1. The van der Waals surface area contributed by atoms with E-state index in [1.807, 2.05) is 0 Å². The van der Waals surface area contributed by atoms with E-state index in [2.05, 4.69) is 10.4 Å². The molecule has 0 unspecified atom stereocenters. The number of amides is 1. The molecule has 0 saturated carbocycles. The van der Waals surface area contributed by atoms with Gasteiger partial charge in [0.05, 0.1) is 17.1 Å².